The predicted octanol–water partition coefficient (Wildman–Crippen LogP) is 5.36. The molecule has 0 saturated heterocycles. The monoisotopic (exact) mass is 483 g/mol. The zero-order valence-corrected chi connectivity index (χ0v) is 20.2. The van der Waals surface area contributed by atoms with Crippen LogP contribution in [0.25, 0.3) is 22.5 Å². The lowest BCUT2D eigenvalue weighted by atomic mass is 9.96. The Hall–Kier alpha value is -3.12. The van der Waals surface area contributed by atoms with Crippen LogP contribution in [-0.4, -0.2) is 32.2 Å². The number of aromatic nitrogens is 1. The molecule has 0 amide bonds. The number of pyridine rings is 1. The van der Waals surface area contributed by atoms with Crippen LogP contribution in [-0.2, 0) is 9.36 Å². The molecule has 0 aliphatic carbocycles. The quantitative estimate of drug-likeness (QED) is 0.255. The van der Waals surface area contributed by atoms with Crippen LogP contribution in [0.1, 0.15) is 32.3 Å². The van der Waals surface area contributed by atoms with Crippen LogP contribution in [0, 0.1) is 5.82 Å². The Morgan fingerprint density at radius 3 is 2.24 bits per heavy atom. The van der Waals surface area contributed by atoms with E-state index in [4.69, 9.17) is 9.72 Å². The highest BCUT2D eigenvalue weighted by Gasteiger charge is 2.48. The molecular weight excluding hydrogens is 456 g/mol. The van der Waals surface area contributed by atoms with Crippen LogP contribution < -0.4 is 4.74 Å². The Morgan fingerprint density at radius 2 is 1.74 bits per heavy atom. The van der Waals surface area contributed by atoms with Crippen molar-refractivity contribution in [1.82, 2.24) is 4.98 Å². The van der Waals surface area contributed by atoms with E-state index in [1.807, 2.05) is 44.2 Å². The molecule has 0 spiro atoms. The second-order valence-corrected chi connectivity index (χ2v) is 9.68. The number of rotatable bonds is 8. The summed E-state index contributed by atoms with van der Waals surface area (Å²) in [6, 6.07) is 16.8. The van der Waals surface area contributed by atoms with Gasteiger partial charge < -0.3 is 14.7 Å². The van der Waals surface area contributed by atoms with E-state index in [-0.39, 0.29) is 17.4 Å². The Bertz CT molecular complexity index is 1210. The molecule has 0 aliphatic rings. The number of aliphatic hydroxyl groups is 1. The largest absolute Gasteiger partial charge is 0.423 e. The molecular formula is C26H27FNO5P. The van der Waals surface area contributed by atoms with E-state index in [9.17, 15) is 23.7 Å². The molecule has 0 bridgehead atoms. The third-order valence-corrected chi connectivity index (χ3v) is 7.21. The molecule has 0 saturated carbocycles. The summed E-state index contributed by atoms with van der Waals surface area (Å²) >= 11 is 0. The zero-order chi connectivity index (χ0) is 25.0. The summed E-state index contributed by atoms with van der Waals surface area (Å²) in [5.41, 5.74) is 2.81. The number of esters is 1. The van der Waals surface area contributed by atoms with Crippen LogP contribution >= 0.6 is 8.03 Å². The molecule has 178 valence electrons. The maximum absolute atomic E-state index is 13.6. The average molecular weight is 483 g/mol. The SMILES string of the molecule is C=CC(C(=O)Oc1c(C(C)C)cc(-c2ccccc2)nc1-c1ccc(F)cc1)(C(C)O)[PH](=O)O. The highest BCUT2D eigenvalue weighted by atomic mass is 31.1. The van der Waals surface area contributed by atoms with Gasteiger partial charge in [-0.3, -0.25) is 4.57 Å². The summed E-state index contributed by atoms with van der Waals surface area (Å²) in [4.78, 5) is 27.9. The van der Waals surface area contributed by atoms with Gasteiger partial charge in [0.05, 0.1) is 11.8 Å². The van der Waals surface area contributed by atoms with Crippen LogP contribution in [0.15, 0.2) is 73.3 Å². The first-order chi connectivity index (χ1) is 16.1. The van der Waals surface area contributed by atoms with Crippen molar-refractivity contribution < 1.29 is 28.5 Å². The Kier molecular flexibility index (Phi) is 7.82. The van der Waals surface area contributed by atoms with E-state index in [2.05, 4.69) is 6.58 Å². The molecule has 3 aromatic rings. The number of hydrogen-bond acceptors (Lipinski definition) is 5. The third-order valence-electron chi connectivity index (χ3n) is 5.68. The number of ether oxygens (including phenoxy) is 1. The highest BCUT2D eigenvalue weighted by Crippen LogP contribution is 2.44. The summed E-state index contributed by atoms with van der Waals surface area (Å²) < 4.78 is 31.5. The van der Waals surface area contributed by atoms with E-state index < -0.39 is 31.1 Å². The van der Waals surface area contributed by atoms with Crippen molar-refractivity contribution in [1.29, 1.82) is 0 Å². The van der Waals surface area contributed by atoms with Gasteiger partial charge in [0.25, 0.3) is 0 Å². The number of nitrogens with zero attached hydrogens (tertiary/aromatic N) is 1. The van der Waals surface area contributed by atoms with Gasteiger partial charge >= 0.3 is 5.97 Å². The summed E-state index contributed by atoms with van der Waals surface area (Å²) in [7, 11) is -3.63. The third kappa shape index (κ3) is 4.87. The van der Waals surface area contributed by atoms with Crippen molar-refractivity contribution in [3.8, 4) is 28.3 Å². The van der Waals surface area contributed by atoms with E-state index >= 15 is 0 Å². The van der Waals surface area contributed by atoms with Crippen molar-refractivity contribution in [3.63, 3.8) is 0 Å². The number of carbonyl (C=O) groups excluding carboxylic acids is 1. The Labute approximate surface area is 198 Å². The van der Waals surface area contributed by atoms with E-state index in [1.165, 1.54) is 31.2 Å². The minimum absolute atomic E-state index is 0.0708. The lowest BCUT2D eigenvalue weighted by molar-refractivity contribution is -0.138. The van der Waals surface area contributed by atoms with Gasteiger partial charge in [0.15, 0.2) is 10.9 Å². The lowest BCUT2D eigenvalue weighted by Gasteiger charge is -2.29. The molecule has 0 fully saturated rings. The van der Waals surface area contributed by atoms with Gasteiger partial charge in [0, 0.05) is 16.7 Å². The molecule has 1 aromatic heterocycles. The lowest BCUT2D eigenvalue weighted by Crippen LogP contribution is -2.46. The van der Waals surface area contributed by atoms with Crippen LogP contribution in [0.4, 0.5) is 4.39 Å². The van der Waals surface area contributed by atoms with Crippen molar-refractivity contribution in [2.24, 2.45) is 0 Å². The van der Waals surface area contributed by atoms with E-state index in [1.54, 1.807) is 6.07 Å². The van der Waals surface area contributed by atoms with Gasteiger partial charge in [-0.25, -0.2) is 14.2 Å². The summed E-state index contributed by atoms with van der Waals surface area (Å²) in [5, 5.41) is 8.01. The van der Waals surface area contributed by atoms with E-state index in [0.29, 0.717) is 16.8 Å². The van der Waals surface area contributed by atoms with Crippen LogP contribution in [0.5, 0.6) is 5.75 Å². The second-order valence-electron chi connectivity index (χ2n) is 8.25. The first kappa shape index (κ1) is 25.5. The van der Waals surface area contributed by atoms with Gasteiger partial charge in [0.1, 0.15) is 11.5 Å². The number of benzene rings is 2. The minimum Gasteiger partial charge on any atom is -0.423 e. The normalized spacial score (nSPS) is 14.8. The number of hydrogen-bond donors (Lipinski definition) is 2. The molecule has 0 aliphatic heterocycles. The van der Waals surface area contributed by atoms with Crippen molar-refractivity contribution in [3.05, 3.63) is 84.7 Å². The molecule has 3 unspecified atom stereocenters. The molecule has 6 nitrogen and oxygen atoms in total. The van der Waals surface area contributed by atoms with Crippen molar-refractivity contribution in [2.75, 3.05) is 0 Å². The van der Waals surface area contributed by atoms with Gasteiger partial charge in [-0.2, -0.15) is 0 Å². The van der Waals surface area contributed by atoms with E-state index in [0.717, 1.165) is 11.6 Å². The van der Waals surface area contributed by atoms with Gasteiger partial charge in [0.2, 0.25) is 8.03 Å². The van der Waals surface area contributed by atoms with Crippen LogP contribution in [0.2, 0.25) is 0 Å². The smallest absolute Gasteiger partial charge is 0.333 e. The number of aliphatic hydroxyl groups excluding tert-OH is 1. The number of carbonyl (C=O) groups is 1. The molecule has 3 atom stereocenters. The second kappa shape index (κ2) is 10.4. The fraction of sp³-hybridized carbons (Fsp3) is 0.231. The average Bonchev–Trinajstić information content (AvgIpc) is 2.80. The molecule has 3 rings (SSSR count). The molecule has 1 heterocycles. The first-order valence-electron chi connectivity index (χ1n) is 10.8. The van der Waals surface area contributed by atoms with Gasteiger partial charge in [-0.15, -0.1) is 6.58 Å². The van der Waals surface area contributed by atoms with Gasteiger partial charge in [-0.05, 0) is 43.2 Å². The highest BCUT2D eigenvalue weighted by molar-refractivity contribution is 7.42. The fourth-order valence-corrected chi connectivity index (χ4v) is 4.36. The summed E-state index contributed by atoms with van der Waals surface area (Å²) in [6.45, 7) is 8.52. The van der Waals surface area contributed by atoms with Gasteiger partial charge in [-0.1, -0.05) is 50.3 Å². The Morgan fingerprint density at radius 1 is 1.12 bits per heavy atom. The zero-order valence-electron chi connectivity index (χ0n) is 19.2. The van der Waals surface area contributed by atoms with Crippen LogP contribution in [0.3, 0.4) is 0 Å². The first-order valence-corrected chi connectivity index (χ1v) is 12.1. The molecule has 34 heavy (non-hydrogen) atoms. The maximum atomic E-state index is 13.6. The standard InChI is InChI=1S/C26H27FNO5P/c1-5-26(17(4)29,34(31)32)25(30)33-24-21(16(2)3)15-22(18-9-7-6-8-10-18)28-23(24)19-11-13-20(27)14-12-19/h5-17,29,34H,1H2,2-4H3,(H,31,32). The Balaban J connectivity index is 2.28. The molecule has 0 radical (unpaired) electrons. The molecule has 2 N–H and O–H groups in total. The minimum atomic E-state index is -3.63. The van der Waals surface area contributed by atoms with Crippen molar-refractivity contribution in [2.45, 2.75) is 37.9 Å². The number of halogens is 1. The summed E-state index contributed by atoms with van der Waals surface area (Å²) in [5.74, 6) is -1.63. The maximum Gasteiger partial charge on any atom is 0.333 e. The predicted molar refractivity (Wildman–Crippen MR) is 131 cm³/mol. The molecule has 2 aromatic carbocycles. The summed E-state index contributed by atoms with van der Waals surface area (Å²) in [6.07, 6.45) is -0.582. The fourth-order valence-electron chi connectivity index (χ4n) is 3.60. The van der Waals surface area contributed by atoms with Crippen molar-refractivity contribution >= 4 is 14.0 Å². The topological polar surface area (TPSA) is 96.7 Å². The molecule has 8 heteroatoms.